The fourth-order valence-corrected chi connectivity index (χ4v) is 5.11. The zero-order valence-electron chi connectivity index (χ0n) is 25.5. The molecule has 0 radical (unpaired) electrons. The summed E-state index contributed by atoms with van der Waals surface area (Å²) in [4.78, 5) is 11.8. The predicted octanol–water partition coefficient (Wildman–Crippen LogP) is 3.10. The second-order valence-corrected chi connectivity index (χ2v) is 11.2. The Bertz CT molecular complexity index is 524. The Morgan fingerprint density at radius 2 is 0.824 bits per heavy atom. The van der Waals surface area contributed by atoms with Gasteiger partial charge in [-0.1, -0.05) is 142 Å². The molecule has 4 nitrogen and oxygen atoms in total. The first kappa shape index (κ1) is 39.9. The molecule has 0 aliphatic rings. The minimum atomic E-state index is -3.71. The van der Waals surface area contributed by atoms with Crippen LogP contribution in [0.15, 0.2) is 0 Å². The monoisotopic (exact) mass is 522 g/mol. The normalized spacial score (nSPS) is 11.0. The van der Waals surface area contributed by atoms with Gasteiger partial charge in [0.15, 0.2) is 0 Å². The maximum atomic E-state index is 12.0. The summed E-state index contributed by atoms with van der Waals surface area (Å²) >= 11 is 0. The van der Waals surface area contributed by atoms with Gasteiger partial charge in [-0.05, 0) is 12.8 Å². The van der Waals surface area contributed by atoms with Crippen LogP contribution in [0.2, 0.25) is 0 Å². The molecule has 0 aromatic heterocycles. The van der Waals surface area contributed by atoms with Crippen LogP contribution < -0.4 is 59.1 Å². The largest absolute Gasteiger partial charge is 1.00 e. The molecule has 0 bridgehead atoms. The van der Waals surface area contributed by atoms with Crippen molar-refractivity contribution in [3.63, 3.8) is 0 Å². The molecule has 34 heavy (non-hydrogen) atoms. The molecule has 0 rings (SSSR count). The SMILES string of the molecule is CCCCCCCCCCCCCC(=O)OS(=O)(=O)CCCCCCCCCCCCC.[H-].[H-].[Na+].[Na+]. The average Bonchev–Trinajstić information content (AvgIpc) is 2.75. The summed E-state index contributed by atoms with van der Waals surface area (Å²) in [5.74, 6) is -0.613. The van der Waals surface area contributed by atoms with Crippen molar-refractivity contribution in [2.45, 2.75) is 162 Å². The maximum absolute atomic E-state index is 12.0. The third-order valence-electron chi connectivity index (χ3n) is 6.20. The van der Waals surface area contributed by atoms with Crippen LogP contribution >= 0.6 is 0 Å². The van der Waals surface area contributed by atoms with E-state index in [-0.39, 0.29) is 74.1 Å². The molecule has 0 unspecified atom stereocenters. The Labute approximate surface area is 260 Å². The molecule has 0 aromatic rings. The standard InChI is InChI=1S/C27H54O4S.2Na.2H/c1-3-5-7-9-11-13-15-17-19-21-23-25-27(28)31-32(29,30)26-24-22-20-18-16-14-12-10-8-6-4-2;;;;/h3-26H2,1-2H3;;;;/q;2*+1;2*-1. The number of carbonyl (C=O) groups is 1. The zero-order chi connectivity index (χ0) is 23.8. The number of hydrogen-bond acceptors (Lipinski definition) is 4. The maximum Gasteiger partial charge on any atom is 1.00 e. The molecule has 0 amide bonds. The van der Waals surface area contributed by atoms with Crippen molar-refractivity contribution in [1.82, 2.24) is 0 Å². The summed E-state index contributed by atoms with van der Waals surface area (Å²) in [6.07, 6.45) is 26.4. The van der Waals surface area contributed by atoms with Crippen LogP contribution in [0.3, 0.4) is 0 Å². The molecular formula is C27H56Na2O4S. The predicted molar refractivity (Wildman–Crippen MR) is 140 cm³/mol. The van der Waals surface area contributed by atoms with Gasteiger partial charge in [0.2, 0.25) is 0 Å². The summed E-state index contributed by atoms with van der Waals surface area (Å²) in [5, 5.41) is 0. The molecular weight excluding hydrogens is 466 g/mol. The molecule has 0 heterocycles. The van der Waals surface area contributed by atoms with E-state index in [2.05, 4.69) is 13.8 Å². The van der Waals surface area contributed by atoms with Gasteiger partial charge in [-0.25, -0.2) is 0 Å². The third-order valence-corrected chi connectivity index (χ3v) is 7.43. The number of rotatable bonds is 25. The van der Waals surface area contributed by atoms with E-state index in [1.807, 2.05) is 0 Å². The molecule has 0 atom stereocenters. The van der Waals surface area contributed by atoms with Gasteiger partial charge >= 0.3 is 75.2 Å². The van der Waals surface area contributed by atoms with Gasteiger partial charge in [0.1, 0.15) is 0 Å². The summed E-state index contributed by atoms with van der Waals surface area (Å²) in [7, 11) is -3.71. The number of carbonyl (C=O) groups excluding carboxylic acids is 1. The summed E-state index contributed by atoms with van der Waals surface area (Å²) < 4.78 is 28.7. The Hall–Kier alpha value is 1.42. The molecule has 7 heteroatoms. The van der Waals surface area contributed by atoms with Gasteiger partial charge in [0.05, 0.1) is 5.75 Å². The molecule has 0 aliphatic heterocycles. The molecule has 0 fully saturated rings. The van der Waals surface area contributed by atoms with Crippen LogP contribution in [0.5, 0.6) is 0 Å². The summed E-state index contributed by atoms with van der Waals surface area (Å²) in [5.41, 5.74) is 0. The van der Waals surface area contributed by atoms with E-state index in [1.165, 1.54) is 103 Å². The van der Waals surface area contributed by atoms with E-state index in [0.717, 1.165) is 32.1 Å². The second-order valence-electron chi connectivity index (χ2n) is 9.54. The van der Waals surface area contributed by atoms with Crippen LogP contribution in [0.4, 0.5) is 0 Å². The van der Waals surface area contributed by atoms with Gasteiger partial charge in [-0.2, -0.15) is 8.42 Å². The van der Waals surface area contributed by atoms with Gasteiger partial charge in [-0.3, -0.25) is 4.79 Å². The van der Waals surface area contributed by atoms with E-state index in [0.29, 0.717) is 6.42 Å². The first-order valence-corrected chi connectivity index (χ1v) is 15.5. The Kier molecular flexibility index (Phi) is 36.0. The van der Waals surface area contributed by atoms with Crippen molar-refractivity contribution >= 4 is 16.1 Å². The van der Waals surface area contributed by atoms with Crippen LogP contribution in [0, 0.1) is 0 Å². The van der Waals surface area contributed by atoms with Crippen LogP contribution in [-0.2, 0) is 19.1 Å². The smallest absolute Gasteiger partial charge is 1.00 e. The second kappa shape index (κ2) is 30.6. The van der Waals surface area contributed by atoms with Crippen molar-refractivity contribution in [2.75, 3.05) is 5.75 Å². The van der Waals surface area contributed by atoms with Crippen LogP contribution in [0.1, 0.15) is 164 Å². The van der Waals surface area contributed by atoms with Gasteiger partial charge in [0, 0.05) is 6.42 Å². The Morgan fingerprint density at radius 3 is 1.18 bits per heavy atom. The van der Waals surface area contributed by atoms with Crippen molar-refractivity contribution in [1.29, 1.82) is 0 Å². The first-order chi connectivity index (χ1) is 15.5. The Morgan fingerprint density at radius 1 is 0.529 bits per heavy atom. The minimum absolute atomic E-state index is 0. The van der Waals surface area contributed by atoms with Gasteiger partial charge in [0.25, 0.3) is 0 Å². The van der Waals surface area contributed by atoms with Crippen molar-refractivity contribution in [3.05, 3.63) is 0 Å². The average molecular weight is 523 g/mol. The Balaban J connectivity index is -0.000000801. The molecule has 0 aliphatic carbocycles. The minimum Gasteiger partial charge on any atom is -1.00 e. The van der Waals surface area contributed by atoms with Gasteiger partial charge in [-0.15, -0.1) is 0 Å². The fraction of sp³-hybridized carbons (Fsp3) is 0.963. The molecule has 0 aromatic carbocycles. The fourth-order valence-electron chi connectivity index (χ4n) is 4.10. The topological polar surface area (TPSA) is 60.4 Å². The molecule has 0 saturated carbocycles. The summed E-state index contributed by atoms with van der Waals surface area (Å²) in [6.45, 7) is 4.48. The van der Waals surface area contributed by atoms with Crippen LogP contribution in [0.25, 0.3) is 0 Å². The molecule has 196 valence electrons. The molecule has 0 spiro atoms. The van der Waals surface area contributed by atoms with Crippen LogP contribution in [-0.4, -0.2) is 20.1 Å². The van der Waals surface area contributed by atoms with Crippen molar-refractivity contribution in [3.8, 4) is 0 Å². The van der Waals surface area contributed by atoms with E-state index in [4.69, 9.17) is 4.18 Å². The van der Waals surface area contributed by atoms with E-state index in [9.17, 15) is 13.2 Å². The van der Waals surface area contributed by atoms with E-state index < -0.39 is 16.1 Å². The molecule has 0 saturated heterocycles. The third kappa shape index (κ3) is 31.4. The zero-order valence-corrected chi connectivity index (χ0v) is 28.3. The van der Waals surface area contributed by atoms with E-state index in [1.54, 1.807) is 0 Å². The summed E-state index contributed by atoms with van der Waals surface area (Å²) in [6, 6.07) is 0. The number of unbranched alkanes of at least 4 members (excludes halogenated alkanes) is 20. The van der Waals surface area contributed by atoms with Gasteiger partial charge < -0.3 is 7.04 Å². The quantitative estimate of drug-likeness (QED) is 0.105. The van der Waals surface area contributed by atoms with Crippen molar-refractivity contribution < 1.29 is 79.4 Å². The first-order valence-electron chi connectivity index (χ1n) is 14.0. The number of hydrogen-bond donors (Lipinski definition) is 0. The van der Waals surface area contributed by atoms with E-state index >= 15 is 0 Å². The van der Waals surface area contributed by atoms with Crippen molar-refractivity contribution in [2.24, 2.45) is 0 Å². The molecule has 0 N–H and O–H groups in total.